The van der Waals surface area contributed by atoms with Gasteiger partial charge in [0.25, 0.3) is 0 Å². The van der Waals surface area contributed by atoms with Crippen molar-refractivity contribution in [2.45, 2.75) is 5.41 Å². The topological polar surface area (TPSA) is 49.7 Å². The van der Waals surface area contributed by atoms with Crippen LogP contribution in [0.2, 0.25) is 0 Å². The number of rotatable bonds is 0. The Kier molecular flexibility index (Phi) is 2.83. The van der Waals surface area contributed by atoms with E-state index < -0.39 is 5.41 Å². The number of phenols is 2. The Balaban J connectivity index is 1.85. The maximum absolute atomic E-state index is 10.2. The molecule has 28 heavy (non-hydrogen) atoms. The van der Waals surface area contributed by atoms with Crippen LogP contribution in [0.1, 0.15) is 22.3 Å². The van der Waals surface area contributed by atoms with Crippen LogP contribution in [0.25, 0.3) is 11.1 Å². The fraction of sp³-hybridized carbons (Fsp3) is 0.0400. The third-order valence-corrected chi connectivity index (χ3v) is 5.91. The smallest absolute Gasteiger partial charge is 0.132 e. The van der Waals surface area contributed by atoms with E-state index in [4.69, 9.17) is 4.74 Å². The van der Waals surface area contributed by atoms with E-state index in [-0.39, 0.29) is 11.5 Å². The summed E-state index contributed by atoms with van der Waals surface area (Å²) in [4.78, 5) is 0. The van der Waals surface area contributed by atoms with Crippen molar-refractivity contribution in [3.05, 3.63) is 107 Å². The molecular formula is C25H16O3. The molecule has 6 rings (SSSR count). The van der Waals surface area contributed by atoms with Gasteiger partial charge in [-0.15, -0.1) is 0 Å². The molecule has 0 amide bonds. The van der Waals surface area contributed by atoms with Crippen LogP contribution in [0, 0.1) is 0 Å². The highest BCUT2D eigenvalue weighted by Crippen LogP contribution is 2.62. The normalized spacial score (nSPS) is 14.6. The zero-order chi connectivity index (χ0) is 18.9. The Hall–Kier alpha value is -3.72. The van der Waals surface area contributed by atoms with Crippen molar-refractivity contribution in [3.63, 3.8) is 0 Å². The van der Waals surface area contributed by atoms with E-state index in [1.54, 1.807) is 24.3 Å². The number of hydrogen-bond donors (Lipinski definition) is 2. The van der Waals surface area contributed by atoms with Gasteiger partial charge in [-0.3, -0.25) is 0 Å². The van der Waals surface area contributed by atoms with Gasteiger partial charge in [0.1, 0.15) is 23.0 Å². The Morgan fingerprint density at radius 2 is 1.00 bits per heavy atom. The highest BCUT2D eigenvalue weighted by Gasteiger charge is 2.51. The molecule has 2 aliphatic rings. The molecule has 1 aliphatic heterocycles. The third-order valence-electron chi connectivity index (χ3n) is 5.91. The predicted octanol–water partition coefficient (Wildman–Crippen LogP) is 5.57. The average Bonchev–Trinajstić information content (AvgIpc) is 2.98. The third kappa shape index (κ3) is 1.73. The summed E-state index contributed by atoms with van der Waals surface area (Å²) in [5.74, 6) is 2.06. The molecule has 3 heteroatoms. The van der Waals surface area contributed by atoms with Crippen LogP contribution in [0.5, 0.6) is 23.0 Å². The lowest BCUT2D eigenvalue weighted by atomic mass is 9.66. The molecule has 0 atom stereocenters. The quantitative estimate of drug-likeness (QED) is 0.371. The summed E-state index contributed by atoms with van der Waals surface area (Å²) in [5.41, 5.74) is 5.57. The maximum Gasteiger partial charge on any atom is 0.132 e. The minimum absolute atomic E-state index is 0.207. The first kappa shape index (κ1) is 15.3. The summed E-state index contributed by atoms with van der Waals surface area (Å²) >= 11 is 0. The van der Waals surface area contributed by atoms with E-state index in [0.717, 1.165) is 44.9 Å². The first-order chi connectivity index (χ1) is 13.7. The molecule has 3 nitrogen and oxygen atoms in total. The minimum Gasteiger partial charge on any atom is -0.508 e. The lowest BCUT2D eigenvalue weighted by molar-refractivity contribution is 0.436. The van der Waals surface area contributed by atoms with Gasteiger partial charge in [0, 0.05) is 11.1 Å². The van der Waals surface area contributed by atoms with E-state index in [0.29, 0.717) is 0 Å². The summed E-state index contributed by atoms with van der Waals surface area (Å²) < 4.78 is 6.24. The second-order valence-electron chi connectivity index (χ2n) is 7.30. The van der Waals surface area contributed by atoms with Crippen molar-refractivity contribution in [2.75, 3.05) is 0 Å². The zero-order valence-corrected chi connectivity index (χ0v) is 14.9. The highest BCUT2D eigenvalue weighted by atomic mass is 16.5. The Morgan fingerprint density at radius 1 is 0.536 bits per heavy atom. The molecule has 0 saturated heterocycles. The SMILES string of the molecule is Oc1ccc2c(c1)-c1cc(O)ccc1C21c2ccccc2Oc2ccccc21. The minimum atomic E-state index is -0.558. The lowest BCUT2D eigenvalue weighted by Gasteiger charge is -2.39. The molecule has 0 aromatic heterocycles. The second-order valence-corrected chi connectivity index (χ2v) is 7.30. The van der Waals surface area contributed by atoms with Crippen molar-refractivity contribution >= 4 is 0 Å². The molecule has 0 radical (unpaired) electrons. The van der Waals surface area contributed by atoms with E-state index >= 15 is 0 Å². The van der Waals surface area contributed by atoms with Gasteiger partial charge in [0.2, 0.25) is 0 Å². The Morgan fingerprint density at radius 3 is 1.50 bits per heavy atom. The van der Waals surface area contributed by atoms with Gasteiger partial charge in [0.15, 0.2) is 0 Å². The number of benzene rings is 4. The number of aromatic hydroxyl groups is 2. The van der Waals surface area contributed by atoms with Gasteiger partial charge >= 0.3 is 0 Å². The van der Waals surface area contributed by atoms with E-state index in [1.165, 1.54) is 0 Å². The largest absolute Gasteiger partial charge is 0.508 e. The molecule has 1 heterocycles. The molecule has 0 saturated carbocycles. The molecule has 0 unspecified atom stereocenters. The van der Waals surface area contributed by atoms with E-state index in [9.17, 15) is 10.2 Å². The summed E-state index contributed by atoms with van der Waals surface area (Å²) in [7, 11) is 0. The number of phenolic OH excluding ortho intramolecular Hbond substituents is 2. The first-order valence-electron chi connectivity index (χ1n) is 9.24. The van der Waals surface area contributed by atoms with Crippen LogP contribution in [0.4, 0.5) is 0 Å². The van der Waals surface area contributed by atoms with E-state index in [2.05, 4.69) is 12.1 Å². The average molecular weight is 364 g/mol. The van der Waals surface area contributed by atoms with Gasteiger partial charge in [-0.05, 0) is 58.7 Å². The molecule has 0 bridgehead atoms. The molecule has 4 aromatic rings. The first-order valence-corrected chi connectivity index (χ1v) is 9.24. The van der Waals surface area contributed by atoms with Gasteiger partial charge < -0.3 is 14.9 Å². The number of fused-ring (bicyclic) bond motifs is 9. The highest BCUT2D eigenvalue weighted by molar-refractivity contribution is 5.89. The van der Waals surface area contributed by atoms with Crippen molar-refractivity contribution in [3.8, 4) is 34.1 Å². The lowest BCUT2D eigenvalue weighted by Crippen LogP contribution is -2.32. The zero-order valence-electron chi connectivity index (χ0n) is 14.9. The van der Waals surface area contributed by atoms with Crippen LogP contribution in [0.15, 0.2) is 84.9 Å². The molecule has 4 aromatic carbocycles. The molecule has 134 valence electrons. The van der Waals surface area contributed by atoms with Crippen LogP contribution < -0.4 is 4.74 Å². The van der Waals surface area contributed by atoms with Crippen molar-refractivity contribution < 1.29 is 14.9 Å². The Labute approximate surface area is 162 Å². The van der Waals surface area contributed by atoms with Crippen LogP contribution in [-0.4, -0.2) is 10.2 Å². The van der Waals surface area contributed by atoms with Crippen molar-refractivity contribution in [1.82, 2.24) is 0 Å². The molecular weight excluding hydrogens is 348 g/mol. The number of ether oxygens (including phenoxy) is 1. The molecule has 0 fully saturated rings. The predicted molar refractivity (Wildman–Crippen MR) is 107 cm³/mol. The summed E-state index contributed by atoms with van der Waals surface area (Å²) in [6, 6.07) is 27.2. The standard InChI is InChI=1S/C25H16O3/c26-15-9-11-19-17(13-15)18-14-16(27)10-12-20(18)25(19)21-5-1-3-7-23(21)28-24-8-4-2-6-22(24)25/h1-14,26-27H. The van der Waals surface area contributed by atoms with Gasteiger partial charge in [0.05, 0.1) is 5.41 Å². The maximum atomic E-state index is 10.2. The van der Waals surface area contributed by atoms with Crippen molar-refractivity contribution in [2.24, 2.45) is 0 Å². The fourth-order valence-electron chi connectivity index (χ4n) is 4.88. The summed E-state index contributed by atoms with van der Waals surface area (Å²) in [5, 5.41) is 20.4. The molecule has 1 spiro atoms. The molecule has 1 aliphatic carbocycles. The number of hydrogen-bond acceptors (Lipinski definition) is 3. The van der Waals surface area contributed by atoms with E-state index in [1.807, 2.05) is 48.5 Å². The van der Waals surface area contributed by atoms with Crippen LogP contribution >= 0.6 is 0 Å². The van der Waals surface area contributed by atoms with Gasteiger partial charge in [-0.1, -0.05) is 48.5 Å². The monoisotopic (exact) mass is 364 g/mol. The van der Waals surface area contributed by atoms with Crippen LogP contribution in [0.3, 0.4) is 0 Å². The second kappa shape index (κ2) is 5.17. The van der Waals surface area contributed by atoms with Crippen LogP contribution in [-0.2, 0) is 5.41 Å². The fourth-order valence-corrected chi connectivity index (χ4v) is 4.88. The molecule has 2 N–H and O–H groups in total. The van der Waals surface area contributed by atoms with Crippen molar-refractivity contribution in [1.29, 1.82) is 0 Å². The Bertz CT molecular complexity index is 1170. The van der Waals surface area contributed by atoms with Gasteiger partial charge in [-0.2, -0.15) is 0 Å². The summed E-state index contributed by atoms with van der Waals surface area (Å²) in [6.45, 7) is 0. The summed E-state index contributed by atoms with van der Waals surface area (Å²) in [6.07, 6.45) is 0. The van der Waals surface area contributed by atoms with Gasteiger partial charge in [-0.25, -0.2) is 0 Å². The number of para-hydroxylation sites is 2.